The lowest BCUT2D eigenvalue weighted by Crippen LogP contribution is -2.08. The largest absolute Gasteiger partial charge is 0.435 e. The molecule has 0 amide bonds. The Hall–Kier alpha value is -1.76. The van der Waals surface area contributed by atoms with E-state index in [9.17, 15) is 13.2 Å². The van der Waals surface area contributed by atoms with Gasteiger partial charge in [-0.15, -0.1) is 0 Å². The highest BCUT2D eigenvalue weighted by Gasteiger charge is 2.33. The van der Waals surface area contributed by atoms with Crippen LogP contribution in [0.1, 0.15) is 5.69 Å². The molecule has 0 aromatic carbocycles. The van der Waals surface area contributed by atoms with E-state index in [-0.39, 0.29) is 10.8 Å². The summed E-state index contributed by atoms with van der Waals surface area (Å²) < 4.78 is 37.9. The Balaban J connectivity index is 2.44. The maximum Gasteiger partial charge on any atom is 0.435 e. The van der Waals surface area contributed by atoms with Gasteiger partial charge in [-0.25, -0.2) is 9.67 Å². The number of aromatic nitrogens is 3. The first-order valence-electron chi connectivity index (χ1n) is 4.42. The molecule has 4 nitrogen and oxygen atoms in total. The van der Waals surface area contributed by atoms with Crippen LogP contribution in [0.3, 0.4) is 0 Å². The van der Waals surface area contributed by atoms with Gasteiger partial charge in [0.15, 0.2) is 11.5 Å². The molecule has 0 saturated heterocycles. The summed E-state index contributed by atoms with van der Waals surface area (Å²) >= 11 is 5.80. The smallest absolute Gasteiger partial charge is 0.397 e. The fourth-order valence-corrected chi connectivity index (χ4v) is 1.47. The Morgan fingerprint density at radius 1 is 1.35 bits per heavy atom. The molecule has 8 heteroatoms. The molecular formula is C9H6ClF3N4. The van der Waals surface area contributed by atoms with E-state index in [1.54, 1.807) is 0 Å². The Morgan fingerprint density at radius 2 is 2.06 bits per heavy atom. The van der Waals surface area contributed by atoms with E-state index in [0.717, 1.165) is 16.9 Å². The standard InChI is InChI=1S/C9H6ClF3N4/c10-6-3-5(14)4-15-8(6)17-2-1-7(16-17)9(11,12)13/h1-4H,14H2. The summed E-state index contributed by atoms with van der Waals surface area (Å²) in [5.74, 6) is 0.0939. The third kappa shape index (κ3) is 2.33. The molecule has 0 aliphatic carbocycles. The molecule has 2 heterocycles. The topological polar surface area (TPSA) is 56.7 Å². The van der Waals surface area contributed by atoms with Crippen LogP contribution in [0.4, 0.5) is 18.9 Å². The average molecular weight is 263 g/mol. The summed E-state index contributed by atoms with van der Waals surface area (Å²) in [6.07, 6.45) is -2.07. The molecule has 2 N–H and O–H groups in total. The molecule has 17 heavy (non-hydrogen) atoms. The number of halogens is 4. The SMILES string of the molecule is Nc1cnc(-n2ccc(C(F)(F)F)n2)c(Cl)c1. The van der Waals surface area contributed by atoms with Crippen LogP contribution in [0.25, 0.3) is 5.82 Å². The van der Waals surface area contributed by atoms with Crippen LogP contribution < -0.4 is 5.73 Å². The second-order valence-corrected chi connectivity index (χ2v) is 3.62. The molecule has 0 saturated carbocycles. The van der Waals surface area contributed by atoms with Gasteiger partial charge in [0.1, 0.15) is 0 Å². The van der Waals surface area contributed by atoms with Crippen molar-refractivity contribution >= 4 is 17.3 Å². The fourth-order valence-electron chi connectivity index (χ4n) is 1.21. The predicted octanol–water partition coefficient (Wildman–Crippen LogP) is 2.52. The average Bonchev–Trinajstić information content (AvgIpc) is 2.65. The summed E-state index contributed by atoms with van der Waals surface area (Å²) in [7, 11) is 0. The van der Waals surface area contributed by atoms with E-state index < -0.39 is 11.9 Å². The number of alkyl halides is 3. The van der Waals surface area contributed by atoms with Crippen LogP contribution >= 0.6 is 11.6 Å². The molecule has 0 aliphatic rings. The maximum absolute atomic E-state index is 12.3. The zero-order chi connectivity index (χ0) is 12.6. The summed E-state index contributed by atoms with van der Waals surface area (Å²) in [4.78, 5) is 3.82. The lowest BCUT2D eigenvalue weighted by molar-refractivity contribution is -0.141. The Kier molecular flexibility index (Phi) is 2.70. The van der Waals surface area contributed by atoms with Crippen molar-refractivity contribution in [3.63, 3.8) is 0 Å². The molecule has 0 unspecified atom stereocenters. The van der Waals surface area contributed by atoms with Crippen molar-refractivity contribution in [3.05, 3.63) is 35.2 Å². The van der Waals surface area contributed by atoms with Crippen molar-refractivity contribution in [2.45, 2.75) is 6.18 Å². The first kappa shape index (κ1) is 11.7. The monoisotopic (exact) mass is 262 g/mol. The highest BCUT2D eigenvalue weighted by atomic mass is 35.5. The van der Waals surface area contributed by atoms with Gasteiger partial charge in [-0.2, -0.15) is 18.3 Å². The molecule has 0 aliphatic heterocycles. The third-order valence-electron chi connectivity index (χ3n) is 1.94. The summed E-state index contributed by atoms with van der Waals surface area (Å²) in [5, 5.41) is 3.47. The van der Waals surface area contributed by atoms with Gasteiger partial charge in [-0.3, -0.25) is 0 Å². The van der Waals surface area contributed by atoms with Crippen LogP contribution in [0.2, 0.25) is 5.02 Å². The molecule has 0 atom stereocenters. The molecule has 2 aromatic rings. The number of rotatable bonds is 1. The number of nitrogens with two attached hydrogens (primary N) is 1. The minimum atomic E-state index is -4.49. The van der Waals surface area contributed by atoms with Gasteiger partial charge in [0.05, 0.1) is 16.9 Å². The molecule has 0 radical (unpaired) electrons. The Bertz CT molecular complexity index is 549. The van der Waals surface area contributed by atoms with Gasteiger partial charge < -0.3 is 5.73 Å². The maximum atomic E-state index is 12.3. The molecule has 2 rings (SSSR count). The van der Waals surface area contributed by atoms with E-state index >= 15 is 0 Å². The van der Waals surface area contributed by atoms with Crippen molar-refractivity contribution in [3.8, 4) is 5.82 Å². The highest BCUT2D eigenvalue weighted by molar-refractivity contribution is 6.32. The van der Waals surface area contributed by atoms with Crippen LogP contribution in [0.15, 0.2) is 24.5 Å². The zero-order valence-electron chi connectivity index (χ0n) is 8.24. The molecular weight excluding hydrogens is 257 g/mol. The molecule has 2 aromatic heterocycles. The second-order valence-electron chi connectivity index (χ2n) is 3.22. The quantitative estimate of drug-likeness (QED) is 0.859. The minimum absolute atomic E-state index is 0.0939. The summed E-state index contributed by atoms with van der Waals surface area (Å²) in [5.41, 5.74) is 4.74. The fraction of sp³-hybridized carbons (Fsp3) is 0.111. The lowest BCUT2D eigenvalue weighted by atomic mass is 10.4. The van der Waals surface area contributed by atoms with Crippen LogP contribution in [-0.4, -0.2) is 14.8 Å². The summed E-state index contributed by atoms with van der Waals surface area (Å²) in [6.45, 7) is 0. The first-order valence-corrected chi connectivity index (χ1v) is 4.80. The molecule has 90 valence electrons. The van der Waals surface area contributed by atoms with Crippen molar-refractivity contribution in [1.29, 1.82) is 0 Å². The number of hydrogen-bond acceptors (Lipinski definition) is 3. The van der Waals surface area contributed by atoms with Crippen LogP contribution in [0, 0.1) is 0 Å². The number of nitrogen functional groups attached to an aromatic ring is 1. The lowest BCUT2D eigenvalue weighted by Gasteiger charge is -2.04. The van der Waals surface area contributed by atoms with Gasteiger partial charge in [0, 0.05) is 6.20 Å². The van der Waals surface area contributed by atoms with Gasteiger partial charge >= 0.3 is 6.18 Å². The predicted molar refractivity (Wildman–Crippen MR) is 55.8 cm³/mol. The number of nitrogens with zero attached hydrogens (tertiary/aromatic N) is 3. The van der Waals surface area contributed by atoms with E-state index in [4.69, 9.17) is 17.3 Å². The van der Waals surface area contributed by atoms with E-state index in [1.807, 2.05) is 0 Å². The van der Waals surface area contributed by atoms with Crippen molar-refractivity contribution < 1.29 is 13.2 Å². The number of pyridine rings is 1. The Labute approximate surface area is 98.8 Å². The van der Waals surface area contributed by atoms with Crippen molar-refractivity contribution in [2.75, 3.05) is 5.73 Å². The van der Waals surface area contributed by atoms with Crippen molar-refractivity contribution in [2.24, 2.45) is 0 Å². The van der Waals surface area contributed by atoms with Crippen molar-refractivity contribution in [1.82, 2.24) is 14.8 Å². The van der Waals surface area contributed by atoms with Crippen LogP contribution in [-0.2, 0) is 6.18 Å². The third-order valence-corrected chi connectivity index (χ3v) is 2.22. The first-order chi connectivity index (χ1) is 7.88. The van der Waals surface area contributed by atoms with Gasteiger partial charge in [-0.1, -0.05) is 11.6 Å². The molecule has 0 fully saturated rings. The summed E-state index contributed by atoms with van der Waals surface area (Å²) in [6, 6.07) is 2.23. The highest BCUT2D eigenvalue weighted by Crippen LogP contribution is 2.28. The second kappa shape index (κ2) is 3.92. The van der Waals surface area contributed by atoms with Gasteiger partial charge in [0.25, 0.3) is 0 Å². The zero-order valence-corrected chi connectivity index (χ0v) is 9.00. The van der Waals surface area contributed by atoms with E-state index in [1.165, 1.54) is 12.3 Å². The van der Waals surface area contributed by atoms with Gasteiger partial charge in [0.2, 0.25) is 0 Å². The minimum Gasteiger partial charge on any atom is -0.397 e. The number of anilines is 1. The molecule has 0 spiro atoms. The Morgan fingerprint density at radius 3 is 2.59 bits per heavy atom. The van der Waals surface area contributed by atoms with Crippen LogP contribution in [0.5, 0.6) is 0 Å². The van der Waals surface area contributed by atoms with E-state index in [0.29, 0.717) is 5.69 Å². The van der Waals surface area contributed by atoms with Gasteiger partial charge in [-0.05, 0) is 12.1 Å². The normalized spacial score (nSPS) is 11.8. The molecule has 0 bridgehead atoms. The number of hydrogen-bond donors (Lipinski definition) is 1. The van der Waals surface area contributed by atoms with E-state index in [2.05, 4.69) is 10.1 Å².